The van der Waals surface area contributed by atoms with E-state index in [1.54, 1.807) is 0 Å². The minimum atomic E-state index is 0.526. The minimum Gasteiger partial charge on any atom is -0.0937 e. The number of rotatable bonds is 4. The molecule has 78 valence electrons. The summed E-state index contributed by atoms with van der Waals surface area (Å²) in [5, 5.41) is 3.47. The lowest BCUT2D eigenvalue weighted by atomic mass is 10.1. The SMILES string of the molecule is Cc1ccc(C)c(C=CCCN=[N+]=[N-])c1. The van der Waals surface area contributed by atoms with Gasteiger partial charge in [0.1, 0.15) is 0 Å². The van der Waals surface area contributed by atoms with Crippen LogP contribution in [-0.4, -0.2) is 6.54 Å². The molecule has 0 fully saturated rings. The molecule has 0 radical (unpaired) electrons. The first-order valence-electron chi connectivity index (χ1n) is 4.98. The molecule has 0 aliphatic rings. The molecule has 0 amide bonds. The third kappa shape index (κ3) is 3.88. The van der Waals surface area contributed by atoms with Crippen molar-refractivity contribution in [2.45, 2.75) is 20.3 Å². The van der Waals surface area contributed by atoms with Gasteiger partial charge in [0.05, 0.1) is 0 Å². The van der Waals surface area contributed by atoms with E-state index >= 15 is 0 Å². The third-order valence-electron chi connectivity index (χ3n) is 2.19. The van der Waals surface area contributed by atoms with Crippen LogP contribution < -0.4 is 0 Å². The molecule has 0 heterocycles. The highest BCUT2D eigenvalue weighted by Gasteiger charge is 1.93. The summed E-state index contributed by atoms with van der Waals surface area (Å²) >= 11 is 0. The highest BCUT2D eigenvalue weighted by atomic mass is 15.1. The van der Waals surface area contributed by atoms with Crippen LogP contribution in [0, 0.1) is 13.8 Å². The molecule has 0 aliphatic carbocycles. The summed E-state index contributed by atoms with van der Waals surface area (Å²) in [5.74, 6) is 0. The van der Waals surface area contributed by atoms with Gasteiger partial charge in [-0.2, -0.15) is 0 Å². The maximum absolute atomic E-state index is 8.10. The Kier molecular flexibility index (Phi) is 4.45. The number of nitrogens with zero attached hydrogens (tertiary/aromatic N) is 3. The Balaban J connectivity index is 2.63. The maximum Gasteiger partial charge on any atom is 0.0292 e. The fourth-order valence-corrected chi connectivity index (χ4v) is 1.33. The lowest BCUT2D eigenvalue weighted by molar-refractivity contribution is 0.995. The Hall–Kier alpha value is -1.73. The van der Waals surface area contributed by atoms with Gasteiger partial charge in [-0.3, -0.25) is 0 Å². The van der Waals surface area contributed by atoms with Gasteiger partial charge in [-0.1, -0.05) is 41.0 Å². The molecule has 15 heavy (non-hydrogen) atoms. The summed E-state index contributed by atoms with van der Waals surface area (Å²) in [6, 6.07) is 6.37. The van der Waals surface area contributed by atoms with Crippen LogP contribution in [0.1, 0.15) is 23.1 Å². The largest absolute Gasteiger partial charge is 0.0937 e. The predicted molar refractivity (Wildman–Crippen MR) is 63.6 cm³/mol. The highest BCUT2D eigenvalue weighted by Crippen LogP contribution is 2.12. The molecule has 0 aromatic heterocycles. The monoisotopic (exact) mass is 201 g/mol. The zero-order valence-electron chi connectivity index (χ0n) is 9.14. The normalized spacial score (nSPS) is 10.3. The van der Waals surface area contributed by atoms with Crippen LogP contribution in [0.5, 0.6) is 0 Å². The first-order valence-corrected chi connectivity index (χ1v) is 4.98. The number of azide groups is 1. The zero-order valence-corrected chi connectivity index (χ0v) is 9.14. The minimum absolute atomic E-state index is 0.526. The summed E-state index contributed by atoms with van der Waals surface area (Å²) in [7, 11) is 0. The molecule has 0 unspecified atom stereocenters. The van der Waals surface area contributed by atoms with Gasteiger partial charge in [0, 0.05) is 11.5 Å². The Labute approximate surface area is 90.1 Å². The number of benzene rings is 1. The number of hydrogen-bond acceptors (Lipinski definition) is 1. The van der Waals surface area contributed by atoms with E-state index in [-0.39, 0.29) is 0 Å². The van der Waals surface area contributed by atoms with Crippen molar-refractivity contribution < 1.29 is 0 Å². The van der Waals surface area contributed by atoms with E-state index in [4.69, 9.17) is 5.53 Å². The molecule has 0 saturated carbocycles. The van der Waals surface area contributed by atoms with E-state index in [0.717, 1.165) is 6.42 Å². The smallest absolute Gasteiger partial charge is 0.0292 e. The van der Waals surface area contributed by atoms with Crippen LogP contribution in [0.15, 0.2) is 29.4 Å². The molecule has 0 bridgehead atoms. The Morgan fingerprint density at radius 3 is 2.93 bits per heavy atom. The summed E-state index contributed by atoms with van der Waals surface area (Å²) in [5.41, 5.74) is 11.9. The van der Waals surface area contributed by atoms with Gasteiger partial charge in [-0.15, -0.1) is 0 Å². The van der Waals surface area contributed by atoms with E-state index in [1.807, 2.05) is 6.08 Å². The average molecular weight is 201 g/mol. The zero-order chi connectivity index (χ0) is 11.1. The van der Waals surface area contributed by atoms with Crippen molar-refractivity contribution in [3.63, 3.8) is 0 Å². The molecule has 0 N–H and O–H groups in total. The van der Waals surface area contributed by atoms with Crippen molar-refractivity contribution in [1.82, 2.24) is 0 Å². The van der Waals surface area contributed by atoms with Crippen molar-refractivity contribution >= 4 is 6.08 Å². The van der Waals surface area contributed by atoms with Crippen LogP contribution in [0.3, 0.4) is 0 Å². The molecule has 0 saturated heterocycles. The van der Waals surface area contributed by atoms with Gasteiger partial charge in [0.25, 0.3) is 0 Å². The van der Waals surface area contributed by atoms with Crippen LogP contribution in [0.4, 0.5) is 0 Å². The summed E-state index contributed by atoms with van der Waals surface area (Å²) in [4.78, 5) is 2.70. The topological polar surface area (TPSA) is 48.8 Å². The van der Waals surface area contributed by atoms with Crippen molar-refractivity contribution in [3.8, 4) is 0 Å². The standard InChI is InChI=1S/C12H15N3/c1-10-6-7-11(2)12(9-10)5-3-4-8-14-15-13/h3,5-7,9H,4,8H2,1-2H3. The lowest BCUT2D eigenvalue weighted by Gasteiger charge is -2.01. The average Bonchev–Trinajstić information content (AvgIpc) is 2.23. The Morgan fingerprint density at radius 1 is 1.40 bits per heavy atom. The fourth-order valence-electron chi connectivity index (χ4n) is 1.33. The van der Waals surface area contributed by atoms with E-state index in [0.29, 0.717) is 6.54 Å². The lowest BCUT2D eigenvalue weighted by Crippen LogP contribution is -1.82. The van der Waals surface area contributed by atoms with Crippen molar-refractivity contribution in [2.24, 2.45) is 5.11 Å². The van der Waals surface area contributed by atoms with Crippen LogP contribution in [0.25, 0.3) is 16.5 Å². The number of hydrogen-bond donors (Lipinski definition) is 0. The van der Waals surface area contributed by atoms with Crippen molar-refractivity contribution in [2.75, 3.05) is 6.54 Å². The molecule has 0 spiro atoms. The van der Waals surface area contributed by atoms with E-state index in [2.05, 4.69) is 48.1 Å². The predicted octanol–water partition coefficient (Wildman–Crippen LogP) is 4.02. The second kappa shape index (κ2) is 5.89. The van der Waals surface area contributed by atoms with Crippen molar-refractivity contribution in [1.29, 1.82) is 0 Å². The molecule has 0 aliphatic heterocycles. The molecule has 1 aromatic carbocycles. The van der Waals surface area contributed by atoms with Crippen molar-refractivity contribution in [3.05, 3.63) is 51.4 Å². The first-order chi connectivity index (χ1) is 7.24. The maximum atomic E-state index is 8.10. The van der Waals surface area contributed by atoms with E-state index in [9.17, 15) is 0 Å². The second-order valence-electron chi connectivity index (χ2n) is 3.51. The summed E-state index contributed by atoms with van der Waals surface area (Å²) in [6.07, 6.45) is 4.91. The molecule has 3 nitrogen and oxygen atoms in total. The second-order valence-corrected chi connectivity index (χ2v) is 3.51. The van der Waals surface area contributed by atoms with E-state index in [1.165, 1.54) is 16.7 Å². The molecular formula is C12H15N3. The number of aryl methyl sites for hydroxylation is 2. The molecular weight excluding hydrogens is 186 g/mol. The van der Waals surface area contributed by atoms with Crippen LogP contribution in [-0.2, 0) is 0 Å². The highest BCUT2D eigenvalue weighted by molar-refractivity contribution is 5.54. The summed E-state index contributed by atoms with van der Waals surface area (Å²) < 4.78 is 0. The van der Waals surface area contributed by atoms with Gasteiger partial charge in [-0.25, -0.2) is 0 Å². The van der Waals surface area contributed by atoms with Crippen LogP contribution >= 0.6 is 0 Å². The Bertz CT molecular complexity index is 401. The molecule has 1 rings (SSSR count). The van der Waals surface area contributed by atoms with E-state index < -0.39 is 0 Å². The third-order valence-corrected chi connectivity index (χ3v) is 2.19. The fraction of sp³-hybridized carbons (Fsp3) is 0.333. The summed E-state index contributed by atoms with van der Waals surface area (Å²) in [6.45, 7) is 4.70. The Morgan fingerprint density at radius 2 is 2.20 bits per heavy atom. The van der Waals surface area contributed by atoms with Gasteiger partial charge >= 0.3 is 0 Å². The molecule has 1 aromatic rings. The molecule has 0 atom stereocenters. The van der Waals surface area contributed by atoms with Gasteiger partial charge < -0.3 is 0 Å². The van der Waals surface area contributed by atoms with Crippen LogP contribution in [0.2, 0.25) is 0 Å². The van der Waals surface area contributed by atoms with Gasteiger partial charge in [-0.05, 0) is 36.9 Å². The van der Waals surface area contributed by atoms with Gasteiger partial charge in [0.15, 0.2) is 0 Å². The quantitative estimate of drug-likeness (QED) is 0.306. The first kappa shape index (κ1) is 11.3. The molecule has 3 heteroatoms. The van der Waals surface area contributed by atoms with Gasteiger partial charge in [0.2, 0.25) is 0 Å².